The maximum Gasteiger partial charge on any atom is 0.263 e. The number of aryl methyl sites for hydroxylation is 2. The van der Waals surface area contributed by atoms with E-state index in [9.17, 15) is 4.79 Å². The van der Waals surface area contributed by atoms with Gasteiger partial charge in [-0.1, -0.05) is 18.2 Å². The predicted molar refractivity (Wildman–Crippen MR) is 109 cm³/mol. The SMILES string of the molecule is COCCCCCSc1nc2sc3c(c2c(=O)n1CCOC)CCCC3. The molecule has 2 aromatic rings. The summed E-state index contributed by atoms with van der Waals surface area (Å²) in [7, 11) is 3.41. The summed E-state index contributed by atoms with van der Waals surface area (Å²) in [5, 5.41) is 1.70. The molecule has 3 rings (SSSR count). The summed E-state index contributed by atoms with van der Waals surface area (Å²) in [5.74, 6) is 0.972. The summed E-state index contributed by atoms with van der Waals surface area (Å²) < 4.78 is 12.1. The molecule has 0 aliphatic heterocycles. The van der Waals surface area contributed by atoms with Crippen LogP contribution in [0, 0.1) is 0 Å². The number of ether oxygens (including phenoxy) is 2. The van der Waals surface area contributed by atoms with Crippen molar-refractivity contribution in [1.82, 2.24) is 9.55 Å². The van der Waals surface area contributed by atoms with Gasteiger partial charge >= 0.3 is 0 Å². The topological polar surface area (TPSA) is 53.3 Å². The highest BCUT2D eigenvalue weighted by molar-refractivity contribution is 7.99. The Labute approximate surface area is 163 Å². The molecular weight excluding hydrogens is 368 g/mol. The van der Waals surface area contributed by atoms with Gasteiger partial charge in [0.15, 0.2) is 5.16 Å². The molecule has 1 aliphatic carbocycles. The molecule has 0 bridgehead atoms. The Morgan fingerprint density at radius 1 is 1.12 bits per heavy atom. The molecule has 0 N–H and O–H groups in total. The molecule has 144 valence electrons. The summed E-state index contributed by atoms with van der Waals surface area (Å²) >= 11 is 3.42. The molecule has 0 saturated heterocycles. The van der Waals surface area contributed by atoms with Gasteiger partial charge in [0.2, 0.25) is 0 Å². The summed E-state index contributed by atoms with van der Waals surface area (Å²) in [6, 6.07) is 0. The van der Waals surface area contributed by atoms with Gasteiger partial charge in [-0.05, 0) is 44.1 Å². The predicted octanol–water partition coefficient (Wildman–Crippen LogP) is 3.89. The number of thiophene rings is 1. The van der Waals surface area contributed by atoms with Crippen LogP contribution in [0.5, 0.6) is 0 Å². The van der Waals surface area contributed by atoms with E-state index in [0.29, 0.717) is 13.2 Å². The third-order valence-corrected chi connectivity index (χ3v) is 7.03. The number of hydrogen-bond acceptors (Lipinski definition) is 6. The third-order valence-electron chi connectivity index (χ3n) is 4.78. The van der Waals surface area contributed by atoms with Crippen molar-refractivity contribution in [3.05, 3.63) is 20.8 Å². The van der Waals surface area contributed by atoms with Gasteiger partial charge in [-0.15, -0.1) is 11.3 Å². The van der Waals surface area contributed by atoms with Crippen molar-refractivity contribution in [2.45, 2.75) is 56.6 Å². The van der Waals surface area contributed by atoms with Crippen molar-refractivity contribution < 1.29 is 9.47 Å². The van der Waals surface area contributed by atoms with E-state index in [1.165, 1.54) is 23.3 Å². The van der Waals surface area contributed by atoms with Gasteiger partial charge in [0.25, 0.3) is 5.56 Å². The summed E-state index contributed by atoms with van der Waals surface area (Å²) in [4.78, 5) is 20.4. The summed E-state index contributed by atoms with van der Waals surface area (Å²) in [5.41, 5.74) is 1.38. The average molecular weight is 397 g/mol. The lowest BCUT2D eigenvalue weighted by molar-refractivity contribution is 0.183. The van der Waals surface area contributed by atoms with Crippen LogP contribution in [-0.4, -0.2) is 42.7 Å². The van der Waals surface area contributed by atoms with Crippen molar-refractivity contribution in [3.8, 4) is 0 Å². The zero-order valence-electron chi connectivity index (χ0n) is 15.7. The molecule has 0 saturated carbocycles. The Morgan fingerprint density at radius 2 is 1.92 bits per heavy atom. The van der Waals surface area contributed by atoms with E-state index in [1.807, 2.05) is 4.57 Å². The molecule has 0 spiro atoms. The molecule has 0 amide bonds. The highest BCUT2D eigenvalue weighted by Crippen LogP contribution is 2.34. The van der Waals surface area contributed by atoms with Crippen LogP contribution >= 0.6 is 23.1 Å². The average Bonchev–Trinajstić information content (AvgIpc) is 3.02. The zero-order valence-corrected chi connectivity index (χ0v) is 17.3. The van der Waals surface area contributed by atoms with E-state index in [4.69, 9.17) is 14.5 Å². The Hall–Kier alpha value is -0.890. The first-order valence-electron chi connectivity index (χ1n) is 9.42. The first kappa shape index (κ1) is 19.9. The van der Waals surface area contributed by atoms with Gasteiger partial charge in [-0.2, -0.15) is 0 Å². The molecule has 0 unspecified atom stereocenters. The van der Waals surface area contributed by atoms with Crippen LogP contribution in [0.25, 0.3) is 10.2 Å². The van der Waals surface area contributed by atoms with Crippen LogP contribution in [0.1, 0.15) is 42.5 Å². The molecule has 26 heavy (non-hydrogen) atoms. The van der Waals surface area contributed by atoms with Crippen molar-refractivity contribution >= 4 is 33.3 Å². The molecule has 1 aliphatic rings. The second-order valence-corrected chi connectivity index (χ2v) is 8.78. The van der Waals surface area contributed by atoms with Crippen LogP contribution in [-0.2, 0) is 28.9 Å². The molecule has 2 aromatic heterocycles. The fourth-order valence-electron chi connectivity index (χ4n) is 3.40. The number of rotatable bonds is 10. The number of unbranched alkanes of at least 4 members (excludes halogenated alkanes) is 2. The number of thioether (sulfide) groups is 1. The molecule has 0 fully saturated rings. The Kier molecular flexibility index (Phi) is 7.54. The largest absolute Gasteiger partial charge is 0.385 e. The molecule has 0 aromatic carbocycles. The van der Waals surface area contributed by atoms with E-state index in [1.54, 1.807) is 37.3 Å². The lowest BCUT2D eigenvalue weighted by Gasteiger charge is -2.13. The smallest absolute Gasteiger partial charge is 0.263 e. The molecule has 7 heteroatoms. The van der Waals surface area contributed by atoms with Crippen LogP contribution in [0.4, 0.5) is 0 Å². The molecular formula is C19H28N2O3S2. The van der Waals surface area contributed by atoms with Crippen molar-refractivity contribution in [2.75, 3.05) is 33.2 Å². The number of hydrogen-bond donors (Lipinski definition) is 0. The minimum absolute atomic E-state index is 0.119. The lowest BCUT2D eigenvalue weighted by atomic mass is 9.97. The highest BCUT2D eigenvalue weighted by atomic mass is 32.2. The van der Waals surface area contributed by atoms with Gasteiger partial charge in [0.05, 0.1) is 18.5 Å². The van der Waals surface area contributed by atoms with E-state index in [-0.39, 0.29) is 5.56 Å². The molecule has 0 atom stereocenters. The normalized spacial score (nSPS) is 14.1. The fraction of sp³-hybridized carbons (Fsp3) is 0.684. The van der Waals surface area contributed by atoms with Gasteiger partial charge < -0.3 is 9.47 Å². The minimum Gasteiger partial charge on any atom is -0.385 e. The second-order valence-electron chi connectivity index (χ2n) is 6.64. The first-order chi connectivity index (χ1) is 12.8. The second kappa shape index (κ2) is 9.88. The van der Waals surface area contributed by atoms with Crippen LogP contribution in [0.3, 0.4) is 0 Å². The number of methoxy groups -OCH3 is 2. The van der Waals surface area contributed by atoms with Crippen LogP contribution in [0.15, 0.2) is 9.95 Å². The number of fused-ring (bicyclic) bond motifs is 3. The standard InChI is InChI=1S/C19H28N2O3S2/c1-23-11-6-3-7-13-25-19-20-17-16(18(22)21(19)10-12-24-2)14-8-4-5-9-15(14)26-17/h3-13H2,1-2H3. The third kappa shape index (κ3) is 4.50. The number of aromatic nitrogens is 2. The lowest BCUT2D eigenvalue weighted by Crippen LogP contribution is -2.25. The Bertz CT molecular complexity index is 785. The van der Waals surface area contributed by atoms with Crippen molar-refractivity contribution in [2.24, 2.45) is 0 Å². The fourth-order valence-corrected chi connectivity index (χ4v) is 5.72. The molecule has 2 heterocycles. The quantitative estimate of drug-likeness (QED) is 0.346. The minimum atomic E-state index is 0.119. The highest BCUT2D eigenvalue weighted by Gasteiger charge is 2.22. The van der Waals surface area contributed by atoms with E-state index >= 15 is 0 Å². The van der Waals surface area contributed by atoms with E-state index < -0.39 is 0 Å². The van der Waals surface area contributed by atoms with Crippen molar-refractivity contribution in [1.29, 1.82) is 0 Å². The molecule has 0 radical (unpaired) electrons. The number of nitrogens with zero attached hydrogens (tertiary/aromatic N) is 2. The summed E-state index contributed by atoms with van der Waals surface area (Å²) in [6.45, 7) is 1.91. The Morgan fingerprint density at radius 3 is 2.73 bits per heavy atom. The van der Waals surface area contributed by atoms with E-state index in [0.717, 1.165) is 59.8 Å². The van der Waals surface area contributed by atoms with Crippen molar-refractivity contribution in [3.63, 3.8) is 0 Å². The van der Waals surface area contributed by atoms with Gasteiger partial charge in [0.1, 0.15) is 4.83 Å². The van der Waals surface area contributed by atoms with Crippen LogP contribution < -0.4 is 5.56 Å². The monoisotopic (exact) mass is 396 g/mol. The first-order valence-corrected chi connectivity index (χ1v) is 11.2. The maximum atomic E-state index is 13.2. The van der Waals surface area contributed by atoms with Gasteiger partial charge in [-0.3, -0.25) is 9.36 Å². The zero-order chi connectivity index (χ0) is 18.4. The maximum absolute atomic E-state index is 13.2. The molecule has 5 nitrogen and oxygen atoms in total. The Balaban J connectivity index is 1.84. The van der Waals surface area contributed by atoms with Gasteiger partial charge in [0, 0.05) is 31.5 Å². The van der Waals surface area contributed by atoms with E-state index in [2.05, 4.69) is 0 Å². The van der Waals surface area contributed by atoms with Gasteiger partial charge in [-0.25, -0.2) is 4.98 Å². The summed E-state index contributed by atoms with van der Waals surface area (Å²) in [6.07, 6.45) is 7.83. The van der Waals surface area contributed by atoms with Crippen LogP contribution in [0.2, 0.25) is 0 Å².